The van der Waals surface area contributed by atoms with Gasteiger partial charge in [0.2, 0.25) is 0 Å². The number of anilines is 1. The Morgan fingerprint density at radius 2 is 1.81 bits per heavy atom. The number of hydrogen-bond donors (Lipinski definition) is 1. The van der Waals surface area contributed by atoms with Crippen molar-refractivity contribution in [3.05, 3.63) is 51.3 Å². The van der Waals surface area contributed by atoms with E-state index in [-0.39, 0.29) is 16.4 Å². The maximum atomic E-state index is 12.8. The van der Waals surface area contributed by atoms with Gasteiger partial charge in [-0.15, -0.1) is 0 Å². The zero-order valence-electron chi connectivity index (χ0n) is 13.9. The van der Waals surface area contributed by atoms with Crippen LogP contribution in [0.4, 0.5) is 10.5 Å². The summed E-state index contributed by atoms with van der Waals surface area (Å²) >= 11 is 4.08. The van der Waals surface area contributed by atoms with Crippen LogP contribution in [0.3, 0.4) is 0 Å². The lowest BCUT2D eigenvalue weighted by Gasteiger charge is -2.15. The summed E-state index contributed by atoms with van der Waals surface area (Å²) in [6.45, 7) is 0. The second-order valence-corrected chi connectivity index (χ2v) is 7.09. The number of halogens is 1. The van der Waals surface area contributed by atoms with Crippen LogP contribution in [0.15, 0.2) is 45.8 Å². The number of para-hydroxylation sites is 2. The van der Waals surface area contributed by atoms with Crippen LogP contribution < -0.4 is 14.4 Å². The zero-order chi connectivity index (χ0) is 18.8. The number of amides is 2. The number of carbonyl (C=O) groups excluding carboxylic acids is 2. The van der Waals surface area contributed by atoms with E-state index in [9.17, 15) is 14.7 Å². The molecule has 0 radical (unpaired) electrons. The zero-order valence-corrected chi connectivity index (χ0v) is 16.3. The molecule has 0 atom stereocenters. The van der Waals surface area contributed by atoms with E-state index in [0.717, 1.165) is 16.7 Å². The van der Waals surface area contributed by atoms with E-state index in [4.69, 9.17) is 9.47 Å². The lowest BCUT2D eigenvalue weighted by Crippen LogP contribution is -2.28. The fourth-order valence-electron chi connectivity index (χ4n) is 2.47. The molecule has 0 aromatic heterocycles. The molecule has 0 saturated carbocycles. The van der Waals surface area contributed by atoms with E-state index in [0.29, 0.717) is 21.5 Å². The second-order valence-electron chi connectivity index (χ2n) is 5.24. The Morgan fingerprint density at radius 1 is 1.12 bits per heavy atom. The summed E-state index contributed by atoms with van der Waals surface area (Å²) < 4.78 is 10.8. The molecule has 1 N–H and O–H groups in total. The fraction of sp³-hybridized carbons (Fsp3) is 0.111. The van der Waals surface area contributed by atoms with Gasteiger partial charge in [0.05, 0.1) is 29.3 Å². The molecule has 3 rings (SSSR count). The lowest BCUT2D eigenvalue weighted by atomic mass is 10.2. The number of aromatic hydroxyl groups is 1. The van der Waals surface area contributed by atoms with Crippen molar-refractivity contribution in [2.45, 2.75) is 0 Å². The van der Waals surface area contributed by atoms with Crippen LogP contribution in [0.5, 0.6) is 17.2 Å². The van der Waals surface area contributed by atoms with Crippen LogP contribution in [-0.2, 0) is 4.79 Å². The minimum Gasteiger partial charge on any atom is -0.503 e. The van der Waals surface area contributed by atoms with Gasteiger partial charge in [0.25, 0.3) is 11.1 Å². The molecule has 0 aliphatic carbocycles. The number of phenolic OH excluding ortho intramolecular Hbond substituents is 1. The van der Waals surface area contributed by atoms with E-state index in [1.165, 1.54) is 14.2 Å². The van der Waals surface area contributed by atoms with Gasteiger partial charge in [-0.1, -0.05) is 12.1 Å². The molecular weight excluding hydrogens is 422 g/mol. The maximum absolute atomic E-state index is 12.8. The molecular formula is C18H14BrNO5S. The topological polar surface area (TPSA) is 76.1 Å². The van der Waals surface area contributed by atoms with E-state index in [1.54, 1.807) is 42.5 Å². The number of imide groups is 1. The number of carbonyl (C=O) groups is 2. The predicted molar refractivity (Wildman–Crippen MR) is 104 cm³/mol. The van der Waals surface area contributed by atoms with Gasteiger partial charge >= 0.3 is 0 Å². The van der Waals surface area contributed by atoms with Crippen molar-refractivity contribution in [3.63, 3.8) is 0 Å². The standard InChI is InChI=1S/C18H14BrNO5S/c1-24-13-6-4-3-5-12(13)20-17(22)15(26-18(20)23)9-10-7-11(19)16(21)14(8-10)25-2/h3-9,21H,1-2H3/b15-9-. The maximum Gasteiger partial charge on any atom is 0.298 e. The van der Waals surface area contributed by atoms with Crippen LogP contribution >= 0.6 is 27.7 Å². The Hall–Kier alpha value is -2.45. The molecule has 1 heterocycles. The molecule has 0 unspecified atom stereocenters. The Kier molecular flexibility index (Phi) is 5.24. The molecule has 134 valence electrons. The summed E-state index contributed by atoms with van der Waals surface area (Å²) in [7, 11) is 2.91. The Bertz CT molecular complexity index is 928. The van der Waals surface area contributed by atoms with Gasteiger partial charge in [0.1, 0.15) is 5.75 Å². The molecule has 0 bridgehead atoms. The predicted octanol–water partition coefficient (Wildman–Crippen LogP) is 4.41. The first-order valence-corrected chi connectivity index (χ1v) is 9.04. The number of methoxy groups -OCH3 is 2. The van der Waals surface area contributed by atoms with Gasteiger partial charge in [-0.3, -0.25) is 9.59 Å². The summed E-state index contributed by atoms with van der Waals surface area (Å²) in [5.74, 6) is 0.221. The van der Waals surface area contributed by atoms with Crippen molar-refractivity contribution in [1.29, 1.82) is 0 Å². The molecule has 6 nitrogen and oxygen atoms in total. The van der Waals surface area contributed by atoms with E-state index >= 15 is 0 Å². The number of hydrogen-bond acceptors (Lipinski definition) is 6. The molecule has 2 aromatic rings. The number of nitrogens with zero attached hydrogens (tertiary/aromatic N) is 1. The van der Waals surface area contributed by atoms with Crippen molar-refractivity contribution < 1.29 is 24.2 Å². The van der Waals surface area contributed by atoms with Crippen LogP contribution in [0.25, 0.3) is 6.08 Å². The number of thioether (sulfide) groups is 1. The van der Waals surface area contributed by atoms with Crippen LogP contribution in [0, 0.1) is 0 Å². The summed E-state index contributed by atoms with van der Waals surface area (Å²) in [4.78, 5) is 26.5. The first-order valence-electron chi connectivity index (χ1n) is 7.43. The highest BCUT2D eigenvalue weighted by atomic mass is 79.9. The molecule has 1 fully saturated rings. The quantitative estimate of drug-likeness (QED) is 0.716. The fourth-order valence-corrected chi connectivity index (χ4v) is 3.77. The smallest absolute Gasteiger partial charge is 0.298 e. The molecule has 1 aliphatic rings. The highest BCUT2D eigenvalue weighted by Gasteiger charge is 2.37. The SMILES string of the molecule is COc1ccccc1N1C(=O)S/C(=C\c2cc(Br)c(O)c(OC)c2)C1=O. The normalized spacial score (nSPS) is 15.7. The second kappa shape index (κ2) is 7.43. The van der Waals surface area contributed by atoms with Crippen molar-refractivity contribution in [2.75, 3.05) is 19.1 Å². The Morgan fingerprint density at radius 3 is 2.50 bits per heavy atom. The summed E-state index contributed by atoms with van der Waals surface area (Å²) in [5.41, 5.74) is 1.00. The molecule has 2 aromatic carbocycles. The van der Waals surface area contributed by atoms with Crippen LogP contribution in [0.1, 0.15) is 5.56 Å². The highest BCUT2D eigenvalue weighted by Crippen LogP contribution is 2.41. The highest BCUT2D eigenvalue weighted by molar-refractivity contribution is 9.10. The monoisotopic (exact) mass is 435 g/mol. The van der Waals surface area contributed by atoms with Crippen molar-refractivity contribution in [1.82, 2.24) is 0 Å². The van der Waals surface area contributed by atoms with Crippen molar-refractivity contribution in [3.8, 4) is 17.2 Å². The lowest BCUT2D eigenvalue weighted by molar-refractivity contribution is -0.113. The minimum absolute atomic E-state index is 0.0354. The van der Waals surface area contributed by atoms with Crippen molar-refractivity contribution >= 4 is 50.6 Å². The number of benzene rings is 2. The third-order valence-corrected chi connectivity index (χ3v) is 5.16. The van der Waals surface area contributed by atoms with Crippen LogP contribution in [-0.4, -0.2) is 30.5 Å². The van der Waals surface area contributed by atoms with E-state index in [2.05, 4.69) is 15.9 Å². The molecule has 1 saturated heterocycles. The average Bonchev–Trinajstić information content (AvgIpc) is 2.91. The third-order valence-electron chi connectivity index (χ3n) is 3.69. The Balaban J connectivity index is 1.99. The molecule has 8 heteroatoms. The average molecular weight is 436 g/mol. The van der Waals surface area contributed by atoms with Gasteiger partial charge in [-0.05, 0) is 63.6 Å². The molecule has 2 amide bonds. The third kappa shape index (κ3) is 3.30. The van der Waals surface area contributed by atoms with Gasteiger partial charge in [0.15, 0.2) is 11.5 Å². The number of ether oxygens (including phenoxy) is 2. The number of phenols is 1. The van der Waals surface area contributed by atoms with Crippen molar-refractivity contribution in [2.24, 2.45) is 0 Å². The minimum atomic E-state index is -0.437. The Labute approximate surface area is 162 Å². The summed E-state index contributed by atoms with van der Waals surface area (Å²) in [6, 6.07) is 10.0. The van der Waals surface area contributed by atoms with Gasteiger partial charge in [-0.25, -0.2) is 4.90 Å². The molecule has 0 spiro atoms. The van der Waals surface area contributed by atoms with Gasteiger partial charge < -0.3 is 14.6 Å². The first-order chi connectivity index (χ1) is 12.5. The van der Waals surface area contributed by atoms with Crippen LogP contribution in [0.2, 0.25) is 0 Å². The summed E-state index contributed by atoms with van der Waals surface area (Å²) in [6.07, 6.45) is 1.58. The van der Waals surface area contributed by atoms with E-state index < -0.39 is 11.1 Å². The van der Waals surface area contributed by atoms with Gasteiger partial charge in [0, 0.05) is 0 Å². The molecule has 1 aliphatic heterocycles. The largest absolute Gasteiger partial charge is 0.503 e. The van der Waals surface area contributed by atoms with E-state index in [1.807, 2.05) is 0 Å². The molecule has 26 heavy (non-hydrogen) atoms. The first kappa shape index (κ1) is 18.3. The summed E-state index contributed by atoms with van der Waals surface area (Å²) in [5, 5.41) is 9.48. The number of rotatable bonds is 4. The van der Waals surface area contributed by atoms with Gasteiger partial charge in [-0.2, -0.15) is 0 Å².